The van der Waals surface area contributed by atoms with Crippen LogP contribution in [0.5, 0.6) is 11.5 Å². The van der Waals surface area contributed by atoms with Crippen LogP contribution in [0, 0.1) is 6.92 Å². The van der Waals surface area contributed by atoms with Gasteiger partial charge in [0.2, 0.25) is 0 Å². The van der Waals surface area contributed by atoms with Crippen LogP contribution < -0.4 is 9.47 Å². The number of esters is 1. The van der Waals surface area contributed by atoms with Crippen LogP contribution in [0.25, 0.3) is 0 Å². The van der Waals surface area contributed by atoms with Crippen molar-refractivity contribution in [2.75, 3.05) is 20.8 Å². The molecule has 0 amide bonds. The summed E-state index contributed by atoms with van der Waals surface area (Å²) in [5.74, 6) is 0.406. The molecule has 7 nitrogen and oxygen atoms in total. The Hall–Kier alpha value is -2.38. The summed E-state index contributed by atoms with van der Waals surface area (Å²) in [6, 6.07) is 0. The van der Waals surface area contributed by atoms with E-state index in [9.17, 15) is 9.59 Å². The molecule has 7 heteroatoms. The number of benzene rings is 1. The zero-order chi connectivity index (χ0) is 19.3. The Balaban J connectivity index is 2.65. The third-order valence-electron chi connectivity index (χ3n) is 4.15. The second-order valence-corrected chi connectivity index (χ2v) is 5.76. The molecule has 0 saturated heterocycles. The SMILES string of the molecule is CCOC(OC)Oc1c(C/C=C(\C)C=O)c(OC)c(C)c2c1C(=O)OC2. The van der Waals surface area contributed by atoms with Crippen LogP contribution in [0.3, 0.4) is 0 Å². The second-order valence-electron chi connectivity index (χ2n) is 5.76. The molecule has 1 unspecified atom stereocenters. The lowest BCUT2D eigenvalue weighted by Gasteiger charge is -2.23. The molecule has 26 heavy (non-hydrogen) atoms. The fraction of sp³-hybridized carbons (Fsp3) is 0.474. The number of rotatable bonds is 9. The minimum absolute atomic E-state index is 0.155. The lowest BCUT2D eigenvalue weighted by Crippen LogP contribution is -2.24. The third-order valence-corrected chi connectivity index (χ3v) is 4.15. The molecule has 0 N–H and O–H groups in total. The standard InChI is InChI=1S/C19H24O7/c1-6-24-19(23-5)26-17-13(8-7-11(2)9-20)16(22-4)12(3)14-10-25-18(21)15(14)17/h7,9,19H,6,8,10H2,1-5H3/b11-7+. The van der Waals surface area contributed by atoms with Crippen molar-refractivity contribution in [2.24, 2.45) is 0 Å². The highest BCUT2D eigenvalue weighted by Gasteiger charge is 2.34. The van der Waals surface area contributed by atoms with Gasteiger partial charge in [-0.2, -0.15) is 0 Å². The maximum absolute atomic E-state index is 12.3. The summed E-state index contributed by atoms with van der Waals surface area (Å²) >= 11 is 0. The first-order chi connectivity index (χ1) is 12.5. The molecule has 0 spiro atoms. The Morgan fingerprint density at radius 1 is 1.31 bits per heavy atom. The van der Waals surface area contributed by atoms with E-state index in [2.05, 4.69) is 0 Å². The van der Waals surface area contributed by atoms with Crippen molar-refractivity contribution >= 4 is 12.3 Å². The van der Waals surface area contributed by atoms with E-state index in [1.165, 1.54) is 7.11 Å². The Labute approximate surface area is 152 Å². The lowest BCUT2D eigenvalue weighted by molar-refractivity contribution is -0.231. The molecule has 0 fully saturated rings. The van der Waals surface area contributed by atoms with Gasteiger partial charge in [-0.3, -0.25) is 4.79 Å². The van der Waals surface area contributed by atoms with E-state index in [1.54, 1.807) is 27.0 Å². The normalized spacial score (nSPS) is 14.7. The minimum Gasteiger partial charge on any atom is -0.496 e. The maximum atomic E-state index is 12.3. The van der Waals surface area contributed by atoms with Crippen LogP contribution in [0.4, 0.5) is 0 Å². The van der Waals surface area contributed by atoms with Crippen molar-refractivity contribution in [3.8, 4) is 11.5 Å². The largest absolute Gasteiger partial charge is 0.496 e. The van der Waals surface area contributed by atoms with Gasteiger partial charge in [0.25, 0.3) is 0 Å². The molecule has 1 aromatic carbocycles. The number of fused-ring (bicyclic) bond motifs is 1. The maximum Gasteiger partial charge on any atom is 0.342 e. The quantitative estimate of drug-likeness (QED) is 0.288. The van der Waals surface area contributed by atoms with Crippen LogP contribution in [-0.2, 0) is 32.0 Å². The molecule has 1 aliphatic rings. The van der Waals surface area contributed by atoms with Crippen molar-refractivity contribution in [1.82, 2.24) is 0 Å². The van der Waals surface area contributed by atoms with Crippen LogP contribution in [0.2, 0.25) is 0 Å². The van der Waals surface area contributed by atoms with E-state index in [1.807, 2.05) is 6.92 Å². The summed E-state index contributed by atoms with van der Waals surface area (Å²) in [6.45, 7) is 4.91. The lowest BCUT2D eigenvalue weighted by atomic mass is 9.95. The summed E-state index contributed by atoms with van der Waals surface area (Å²) in [5, 5.41) is 0. The number of allylic oxidation sites excluding steroid dienone is 2. The average molecular weight is 364 g/mol. The van der Waals surface area contributed by atoms with E-state index >= 15 is 0 Å². The fourth-order valence-electron chi connectivity index (χ4n) is 2.83. The van der Waals surface area contributed by atoms with Crippen LogP contribution >= 0.6 is 0 Å². The number of ether oxygens (including phenoxy) is 5. The zero-order valence-corrected chi connectivity index (χ0v) is 15.7. The molecule has 0 aliphatic carbocycles. The zero-order valence-electron chi connectivity index (χ0n) is 15.7. The number of carbonyl (C=O) groups is 2. The van der Waals surface area contributed by atoms with Crippen molar-refractivity contribution in [3.05, 3.63) is 33.9 Å². The van der Waals surface area contributed by atoms with Gasteiger partial charge in [-0.1, -0.05) is 6.08 Å². The highest BCUT2D eigenvalue weighted by atomic mass is 16.8. The summed E-state index contributed by atoms with van der Waals surface area (Å²) in [4.78, 5) is 23.3. The van der Waals surface area contributed by atoms with Gasteiger partial charge in [-0.15, -0.1) is 0 Å². The highest BCUT2D eigenvalue weighted by molar-refractivity contribution is 5.98. The van der Waals surface area contributed by atoms with E-state index in [0.717, 1.165) is 11.8 Å². The Morgan fingerprint density at radius 3 is 2.62 bits per heavy atom. The number of aldehydes is 1. The summed E-state index contributed by atoms with van der Waals surface area (Å²) < 4.78 is 27.2. The molecule has 1 heterocycles. The smallest absolute Gasteiger partial charge is 0.342 e. The molecular weight excluding hydrogens is 340 g/mol. The van der Waals surface area contributed by atoms with Crippen molar-refractivity contribution in [1.29, 1.82) is 0 Å². The molecule has 1 aliphatic heterocycles. The van der Waals surface area contributed by atoms with Crippen molar-refractivity contribution in [2.45, 2.75) is 40.3 Å². The number of cyclic esters (lactones) is 1. The fourth-order valence-corrected chi connectivity index (χ4v) is 2.83. The summed E-state index contributed by atoms with van der Waals surface area (Å²) in [7, 11) is 2.99. The van der Waals surface area contributed by atoms with Crippen LogP contribution in [0.1, 0.15) is 40.9 Å². The molecule has 142 valence electrons. The third kappa shape index (κ3) is 3.89. The molecule has 0 saturated carbocycles. The van der Waals surface area contributed by atoms with Gasteiger partial charge in [-0.05, 0) is 38.3 Å². The first-order valence-electron chi connectivity index (χ1n) is 8.30. The van der Waals surface area contributed by atoms with Gasteiger partial charge in [0.1, 0.15) is 30.0 Å². The summed E-state index contributed by atoms with van der Waals surface area (Å²) in [6.07, 6.45) is 2.85. The van der Waals surface area contributed by atoms with Gasteiger partial charge in [-0.25, -0.2) is 4.79 Å². The second kappa shape index (κ2) is 8.82. The van der Waals surface area contributed by atoms with Gasteiger partial charge >= 0.3 is 12.4 Å². The van der Waals surface area contributed by atoms with E-state index in [4.69, 9.17) is 23.7 Å². The Morgan fingerprint density at radius 2 is 2.04 bits per heavy atom. The predicted octanol–water partition coefficient (Wildman–Crippen LogP) is 2.71. The van der Waals surface area contributed by atoms with Crippen LogP contribution in [-0.4, -0.2) is 39.6 Å². The minimum atomic E-state index is -0.986. The van der Waals surface area contributed by atoms with Gasteiger partial charge < -0.3 is 23.7 Å². The molecule has 0 radical (unpaired) electrons. The number of hydrogen-bond acceptors (Lipinski definition) is 7. The predicted molar refractivity (Wildman–Crippen MR) is 93.4 cm³/mol. The van der Waals surface area contributed by atoms with Gasteiger partial charge in [0.05, 0.1) is 13.7 Å². The molecule has 2 rings (SSSR count). The number of methoxy groups -OCH3 is 2. The van der Waals surface area contributed by atoms with Gasteiger partial charge in [0, 0.05) is 18.2 Å². The number of hydrogen-bond donors (Lipinski definition) is 0. The number of carbonyl (C=O) groups excluding carboxylic acids is 2. The topological polar surface area (TPSA) is 80.3 Å². The first-order valence-corrected chi connectivity index (χ1v) is 8.30. The summed E-state index contributed by atoms with van der Waals surface area (Å²) in [5.41, 5.74) is 3.06. The highest BCUT2D eigenvalue weighted by Crippen LogP contribution is 2.43. The van der Waals surface area contributed by atoms with E-state index in [0.29, 0.717) is 46.8 Å². The molecular formula is C19H24O7. The molecule has 0 aromatic heterocycles. The van der Waals surface area contributed by atoms with E-state index in [-0.39, 0.29) is 6.61 Å². The molecule has 1 atom stereocenters. The average Bonchev–Trinajstić information content (AvgIpc) is 3.03. The molecule has 1 aromatic rings. The Bertz CT molecular complexity index is 721. The first kappa shape index (κ1) is 19.9. The van der Waals surface area contributed by atoms with Crippen molar-refractivity contribution < 1.29 is 33.3 Å². The molecule has 0 bridgehead atoms. The van der Waals surface area contributed by atoms with Crippen LogP contribution in [0.15, 0.2) is 11.6 Å². The Kier molecular flexibility index (Phi) is 6.76. The van der Waals surface area contributed by atoms with Gasteiger partial charge in [0.15, 0.2) is 0 Å². The van der Waals surface area contributed by atoms with Crippen molar-refractivity contribution in [3.63, 3.8) is 0 Å². The van der Waals surface area contributed by atoms with E-state index < -0.39 is 12.4 Å². The monoisotopic (exact) mass is 364 g/mol.